The number of rotatable bonds is 7. The summed E-state index contributed by atoms with van der Waals surface area (Å²) in [5.74, 6) is 0.667. The molecule has 0 saturated carbocycles. The van der Waals surface area contributed by atoms with Gasteiger partial charge in [0.1, 0.15) is 6.10 Å². The summed E-state index contributed by atoms with van der Waals surface area (Å²) in [6.45, 7) is 4.63. The summed E-state index contributed by atoms with van der Waals surface area (Å²) < 4.78 is 33.2. The van der Waals surface area contributed by atoms with Crippen molar-refractivity contribution in [2.45, 2.75) is 19.6 Å². The number of aliphatic imine (C=N–C) groups is 1. The molecule has 2 aromatic carbocycles. The van der Waals surface area contributed by atoms with Gasteiger partial charge in [-0.3, -0.25) is 4.99 Å². The molecule has 0 aliphatic carbocycles. The molecule has 7 nitrogen and oxygen atoms in total. The zero-order valence-electron chi connectivity index (χ0n) is 18.0. The minimum Gasteiger partial charge on any atom is -0.370 e. The maximum atomic E-state index is 12.3. The summed E-state index contributed by atoms with van der Waals surface area (Å²) in [5.41, 5.74) is 3.30. The number of benzene rings is 2. The summed E-state index contributed by atoms with van der Waals surface area (Å²) in [6.07, 6.45) is -0.0326. The van der Waals surface area contributed by atoms with Gasteiger partial charge >= 0.3 is 0 Å². The zero-order valence-corrected chi connectivity index (χ0v) is 21.1. The average Bonchev–Trinajstić information content (AvgIpc) is 2.76. The van der Waals surface area contributed by atoms with Crippen LogP contribution >= 0.6 is 24.0 Å². The highest BCUT2D eigenvalue weighted by molar-refractivity contribution is 14.0. The molecule has 0 amide bonds. The van der Waals surface area contributed by atoms with Gasteiger partial charge in [0.25, 0.3) is 0 Å². The van der Waals surface area contributed by atoms with Gasteiger partial charge in [0.05, 0.1) is 18.9 Å². The first kappa shape index (κ1) is 25.6. The molecule has 1 heterocycles. The van der Waals surface area contributed by atoms with Crippen molar-refractivity contribution in [3.05, 3.63) is 71.3 Å². The summed E-state index contributed by atoms with van der Waals surface area (Å²) in [7, 11) is -1.67. The van der Waals surface area contributed by atoms with Gasteiger partial charge in [-0.05, 0) is 23.6 Å². The number of nitrogens with one attached hydrogen (secondary N) is 2. The van der Waals surface area contributed by atoms with E-state index in [4.69, 9.17) is 4.74 Å². The Morgan fingerprint density at radius 2 is 1.87 bits per heavy atom. The fraction of sp³-hybridized carbons (Fsp3) is 0.409. The van der Waals surface area contributed by atoms with Gasteiger partial charge < -0.3 is 15.0 Å². The van der Waals surface area contributed by atoms with Crippen LogP contribution in [0.4, 0.5) is 0 Å². The third-order valence-electron chi connectivity index (χ3n) is 5.11. The monoisotopic (exact) mass is 558 g/mol. The van der Waals surface area contributed by atoms with E-state index in [0.29, 0.717) is 32.2 Å². The second-order valence-corrected chi connectivity index (χ2v) is 9.19. The Kier molecular flexibility index (Phi) is 10.2. The van der Waals surface area contributed by atoms with Crippen LogP contribution in [0, 0.1) is 6.92 Å². The fourth-order valence-corrected chi connectivity index (χ4v) is 4.37. The molecule has 31 heavy (non-hydrogen) atoms. The number of halogens is 1. The van der Waals surface area contributed by atoms with Crippen LogP contribution in [0.3, 0.4) is 0 Å². The number of guanidine groups is 1. The van der Waals surface area contributed by atoms with E-state index in [0.717, 1.165) is 5.56 Å². The molecule has 0 spiro atoms. The Balaban J connectivity index is 0.00000341. The second kappa shape index (κ2) is 12.4. The van der Waals surface area contributed by atoms with Crippen molar-refractivity contribution in [2.75, 3.05) is 39.0 Å². The van der Waals surface area contributed by atoms with Crippen LogP contribution in [0.15, 0.2) is 59.6 Å². The average molecular weight is 558 g/mol. The summed E-state index contributed by atoms with van der Waals surface area (Å²) in [4.78, 5) is 6.45. The fourth-order valence-electron chi connectivity index (χ4n) is 3.47. The molecule has 0 aromatic heterocycles. The van der Waals surface area contributed by atoms with Crippen LogP contribution in [0.1, 0.15) is 22.8 Å². The molecule has 2 aromatic rings. The lowest BCUT2D eigenvalue weighted by atomic mass is 10.0. The van der Waals surface area contributed by atoms with Crippen molar-refractivity contribution >= 4 is 40.0 Å². The standard InChI is InChI=1S/C22H30N4O3S.HI/c1-18-8-6-7-11-20(18)21-17-26(13-14-29-21)22(23-2)24-12-15-30(27,28)25-16-19-9-4-3-5-10-19;/h3-11,21,25H,12-17H2,1-2H3,(H,23,24);1H. The van der Waals surface area contributed by atoms with Crippen LogP contribution in [0.25, 0.3) is 0 Å². The Bertz CT molecular complexity index is 954. The Labute approximate surface area is 202 Å². The van der Waals surface area contributed by atoms with E-state index in [1.54, 1.807) is 7.05 Å². The highest BCUT2D eigenvalue weighted by atomic mass is 127. The molecule has 9 heteroatoms. The molecule has 170 valence electrons. The van der Waals surface area contributed by atoms with Crippen LogP contribution in [0.2, 0.25) is 0 Å². The number of morpholine rings is 1. The van der Waals surface area contributed by atoms with E-state index in [1.807, 2.05) is 42.5 Å². The second-order valence-electron chi connectivity index (χ2n) is 7.26. The maximum Gasteiger partial charge on any atom is 0.213 e. The molecule has 1 unspecified atom stereocenters. The number of aryl methyl sites for hydroxylation is 1. The summed E-state index contributed by atoms with van der Waals surface area (Å²) in [5, 5.41) is 3.18. The highest BCUT2D eigenvalue weighted by Gasteiger charge is 2.25. The van der Waals surface area contributed by atoms with Crippen LogP contribution in [-0.2, 0) is 21.3 Å². The quantitative estimate of drug-likeness (QED) is 0.310. The van der Waals surface area contributed by atoms with E-state index in [-0.39, 0.29) is 42.4 Å². The normalized spacial score (nSPS) is 17.2. The molecule has 0 radical (unpaired) electrons. The molecule has 2 N–H and O–H groups in total. The van der Waals surface area contributed by atoms with Gasteiger partial charge in [-0.2, -0.15) is 0 Å². The Morgan fingerprint density at radius 3 is 2.58 bits per heavy atom. The molecular formula is C22H31IN4O3S. The number of hydrogen-bond acceptors (Lipinski definition) is 4. The molecule has 3 rings (SSSR count). The number of nitrogens with zero attached hydrogens (tertiary/aromatic N) is 2. The Morgan fingerprint density at radius 1 is 1.16 bits per heavy atom. The van der Waals surface area contributed by atoms with E-state index >= 15 is 0 Å². The molecule has 1 aliphatic heterocycles. The number of hydrogen-bond donors (Lipinski definition) is 2. The van der Waals surface area contributed by atoms with Crippen LogP contribution in [-0.4, -0.2) is 58.3 Å². The predicted molar refractivity (Wildman–Crippen MR) is 135 cm³/mol. The number of ether oxygens (including phenoxy) is 1. The highest BCUT2D eigenvalue weighted by Crippen LogP contribution is 2.24. The minimum absolute atomic E-state index is 0. The molecule has 1 atom stereocenters. The third-order valence-corrected chi connectivity index (χ3v) is 6.43. The number of sulfonamides is 1. The molecular weight excluding hydrogens is 527 g/mol. The van der Waals surface area contributed by atoms with E-state index in [1.165, 1.54) is 11.1 Å². The summed E-state index contributed by atoms with van der Waals surface area (Å²) >= 11 is 0. The van der Waals surface area contributed by atoms with Crippen molar-refractivity contribution in [2.24, 2.45) is 4.99 Å². The predicted octanol–water partition coefficient (Wildman–Crippen LogP) is 2.68. The van der Waals surface area contributed by atoms with Gasteiger partial charge in [-0.25, -0.2) is 13.1 Å². The van der Waals surface area contributed by atoms with E-state index < -0.39 is 10.0 Å². The molecule has 1 saturated heterocycles. The van der Waals surface area contributed by atoms with Crippen molar-refractivity contribution in [3.63, 3.8) is 0 Å². The first-order valence-corrected chi connectivity index (χ1v) is 11.8. The minimum atomic E-state index is -3.38. The van der Waals surface area contributed by atoms with Gasteiger partial charge in [0.2, 0.25) is 10.0 Å². The largest absolute Gasteiger partial charge is 0.370 e. The molecule has 0 bridgehead atoms. The molecule has 1 aliphatic rings. The van der Waals surface area contributed by atoms with Crippen LogP contribution in [0.5, 0.6) is 0 Å². The van der Waals surface area contributed by atoms with Crippen molar-refractivity contribution in [1.82, 2.24) is 14.9 Å². The van der Waals surface area contributed by atoms with E-state index in [2.05, 4.69) is 39.0 Å². The van der Waals surface area contributed by atoms with E-state index in [9.17, 15) is 8.42 Å². The first-order chi connectivity index (χ1) is 14.5. The van der Waals surface area contributed by atoms with Gasteiger partial charge in [-0.15, -0.1) is 24.0 Å². The lowest BCUT2D eigenvalue weighted by molar-refractivity contribution is -0.00827. The molecule has 1 fully saturated rings. The SMILES string of the molecule is CN=C(NCCS(=O)(=O)NCc1ccccc1)N1CCOC(c2ccccc2C)C1.I. The van der Waals surface area contributed by atoms with Crippen molar-refractivity contribution < 1.29 is 13.2 Å². The lowest BCUT2D eigenvalue weighted by Gasteiger charge is -2.35. The zero-order chi connectivity index (χ0) is 21.4. The summed E-state index contributed by atoms with van der Waals surface area (Å²) in [6, 6.07) is 17.7. The van der Waals surface area contributed by atoms with Crippen LogP contribution < -0.4 is 10.0 Å². The topological polar surface area (TPSA) is 83.0 Å². The van der Waals surface area contributed by atoms with Crippen molar-refractivity contribution in [1.29, 1.82) is 0 Å². The van der Waals surface area contributed by atoms with Gasteiger partial charge in [0.15, 0.2) is 5.96 Å². The first-order valence-electron chi connectivity index (χ1n) is 10.1. The van der Waals surface area contributed by atoms with Gasteiger partial charge in [0, 0.05) is 26.7 Å². The Hall–Kier alpha value is -1.69. The van der Waals surface area contributed by atoms with Gasteiger partial charge in [-0.1, -0.05) is 54.6 Å². The maximum absolute atomic E-state index is 12.3. The third kappa shape index (κ3) is 7.74. The lowest BCUT2D eigenvalue weighted by Crippen LogP contribution is -2.49. The smallest absolute Gasteiger partial charge is 0.213 e. The van der Waals surface area contributed by atoms with Crippen molar-refractivity contribution in [3.8, 4) is 0 Å².